The molecule has 1 aromatic heterocycles. The van der Waals surface area contributed by atoms with E-state index in [0.29, 0.717) is 6.04 Å². The Morgan fingerprint density at radius 1 is 1.36 bits per heavy atom. The molecule has 2 heteroatoms. The second-order valence-electron chi connectivity index (χ2n) is 3.88. The minimum Gasteiger partial charge on any atom is -0.308 e. The third kappa shape index (κ3) is 3.46. The minimum absolute atomic E-state index is 0.557. The summed E-state index contributed by atoms with van der Waals surface area (Å²) in [4.78, 5) is 4.27. The van der Waals surface area contributed by atoms with Crippen molar-refractivity contribution in [3.8, 4) is 0 Å². The van der Waals surface area contributed by atoms with Crippen LogP contribution in [0.5, 0.6) is 0 Å². The molecule has 0 radical (unpaired) electrons. The molecule has 1 rings (SSSR count). The molecule has 0 aliphatic rings. The fourth-order valence-corrected chi connectivity index (χ4v) is 1.32. The van der Waals surface area contributed by atoms with Crippen LogP contribution in [0, 0.1) is 5.92 Å². The van der Waals surface area contributed by atoms with E-state index in [1.807, 2.05) is 18.3 Å². The van der Waals surface area contributed by atoms with E-state index in [4.69, 9.17) is 0 Å². The molecule has 0 aromatic carbocycles. The SMILES string of the molecule is CC[C@@H](C)[C@@H](C)NCc1ccccn1. The maximum Gasteiger partial charge on any atom is 0.0541 e. The van der Waals surface area contributed by atoms with Crippen LogP contribution in [0.4, 0.5) is 0 Å². The zero-order valence-electron chi connectivity index (χ0n) is 9.33. The second-order valence-corrected chi connectivity index (χ2v) is 3.88. The Labute approximate surface area is 86.8 Å². The van der Waals surface area contributed by atoms with Crippen LogP contribution in [0.1, 0.15) is 32.9 Å². The highest BCUT2D eigenvalue weighted by molar-refractivity contribution is 5.03. The second kappa shape index (κ2) is 5.76. The van der Waals surface area contributed by atoms with Gasteiger partial charge in [-0.25, -0.2) is 0 Å². The Morgan fingerprint density at radius 3 is 2.71 bits per heavy atom. The number of hydrogen-bond acceptors (Lipinski definition) is 2. The van der Waals surface area contributed by atoms with Gasteiger partial charge in [0.2, 0.25) is 0 Å². The van der Waals surface area contributed by atoms with Gasteiger partial charge in [-0.3, -0.25) is 4.98 Å². The summed E-state index contributed by atoms with van der Waals surface area (Å²) in [6.07, 6.45) is 3.06. The molecule has 0 saturated heterocycles. The summed E-state index contributed by atoms with van der Waals surface area (Å²) in [5, 5.41) is 3.49. The lowest BCUT2D eigenvalue weighted by Gasteiger charge is -2.19. The molecule has 2 atom stereocenters. The summed E-state index contributed by atoms with van der Waals surface area (Å²) in [5.41, 5.74) is 1.11. The average Bonchev–Trinajstić information content (AvgIpc) is 2.26. The van der Waals surface area contributed by atoms with Gasteiger partial charge in [0.15, 0.2) is 0 Å². The predicted molar refractivity (Wildman–Crippen MR) is 60.0 cm³/mol. The van der Waals surface area contributed by atoms with Crippen LogP contribution in [0.25, 0.3) is 0 Å². The van der Waals surface area contributed by atoms with E-state index in [-0.39, 0.29) is 0 Å². The van der Waals surface area contributed by atoms with E-state index in [9.17, 15) is 0 Å². The molecule has 14 heavy (non-hydrogen) atoms. The number of pyridine rings is 1. The molecule has 1 aromatic rings. The van der Waals surface area contributed by atoms with E-state index in [2.05, 4.69) is 37.1 Å². The van der Waals surface area contributed by atoms with Gasteiger partial charge in [0.25, 0.3) is 0 Å². The van der Waals surface area contributed by atoms with Gasteiger partial charge < -0.3 is 5.32 Å². The topological polar surface area (TPSA) is 24.9 Å². The van der Waals surface area contributed by atoms with Crippen molar-refractivity contribution in [3.05, 3.63) is 30.1 Å². The Hall–Kier alpha value is -0.890. The molecule has 0 aliphatic carbocycles. The zero-order valence-corrected chi connectivity index (χ0v) is 9.33. The van der Waals surface area contributed by atoms with Gasteiger partial charge in [0, 0.05) is 18.8 Å². The molecule has 0 fully saturated rings. The number of nitrogens with zero attached hydrogens (tertiary/aromatic N) is 1. The number of hydrogen-bond donors (Lipinski definition) is 1. The smallest absolute Gasteiger partial charge is 0.0541 e. The molecule has 0 aliphatic heterocycles. The number of nitrogens with one attached hydrogen (secondary N) is 1. The van der Waals surface area contributed by atoms with Crippen LogP contribution in [0.2, 0.25) is 0 Å². The van der Waals surface area contributed by atoms with E-state index in [1.54, 1.807) is 0 Å². The first kappa shape index (κ1) is 11.2. The Bertz CT molecular complexity index is 246. The van der Waals surface area contributed by atoms with Crippen molar-refractivity contribution in [1.82, 2.24) is 10.3 Å². The quantitative estimate of drug-likeness (QED) is 0.775. The van der Waals surface area contributed by atoms with Crippen molar-refractivity contribution < 1.29 is 0 Å². The highest BCUT2D eigenvalue weighted by Crippen LogP contribution is 2.07. The van der Waals surface area contributed by atoms with Crippen LogP contribution in [-0.2, 0) is 6.54 Å². The molecule has 0 amide bonds. The normalized spacial score (nSPS) is 15.1. The molecule has 1 N–H and O–H groups in total. The largest absolute Gasteiger partial charge is 0.308 e. The zero-order chi connectivity index (χ0) is 10.4. The first-order chi connectivity index (χ1) is 6.74. The molecular weight excluding hydrogens is 172 g/mol. The highest BCUT2D eigenvalue weighted by Gasteiger charge is 2.08. The monoisotopic (exact) mass is 192 g/mol. The first-order valence-electron chi connectivity index (χ1n) is 5.37. The van der Waals surface area contributed by atoms with Crippen molar-refractivity contribution in [1.29, 1.82) is 0 Å². The summed E-state index contributed by atoms with van der Waals surface area (Å²) in [5.74, 6) is 0.721. The van der Waals surface area contributed by atoms with Crippen LogP contribution in [0.15, 0.2) is 24.4 Å². The van der Waals surface area contributed by atoms with Crippen molar-refractivity contribution in [2.24, 2.45) is 5.92 Å². The number of aromatic nitrogens is 1. The fraction of sp³-hybridized carbons (Fsp3) is 0.583. The van der Waals surface area contributed by atoms with Crippen molar-refractivity contribution in [3.63, 3.8) is 0 Å². The summed E-state index contributed by atoms with van der Waals surface area (Å²) in [6, 6.07) is 6.58. The Morgan fingerprint density at radius 2 is 2.14 bits per heavy atom. The van der Waals surface area contributed by atoms with Gasteiger partial charge in [-0.15, -0.1) is 0 Å². The highest BCUT2D eigenvalue weighted by atomic mass is 14.9. The lowest BCUT2D eigenvalue weighted by atomic mass is 10.0. The van der Waals surface area contributed by atoms with Gasteiger partial charge in [-0.2, -0.15) is 0 Å². The fourth-order valence-electron chi connectivity index (χ4n) is 1.32. The molecule has 1 heterocycles. The van der Waals surface area contributed by atoms with Crippen LogP contribution >= 0.6 is 0 Å². The molecule has 78 valence electrons. The average molecular weight is 192 g/mol. The van der Waals surface area contributed by atoms with Gasteiger partial charge in [-0.1, -0.05) is 26.3 Å². The summed E-state index contributed by atoms with van der Waals surface area (Å²) >= 11 is 0. The summed E-state index contributed by atoms with van der Waals surface area (Å²) < 4.78 is 0. The maximum atomic E-state index is 4.27. The predicted octanol–water partition coefficient (Wildman–Crippen LogP) is 2.61. The van der Waals surface area contributed by atoms with Crippen LogP contribution in [-0.4, -0.2) is 11.0 Å². The Balaban J connectivity index is 2.34. The molecule has 0 bridgehead atoms. The molecule has 0 spiro atoms. The maximum absolute atomic E-state index is 4.27. The standard InChI is InChI=1S/C12H20N2/c1-4-10(2)11(3)14-9-12-7-5-6-8-13-12/h5-8,10-11,14H,4,9H2,1-3H3/t10-,11-/m1/s1. The van der Waals surface area contributed by atoms with Crippen LogP contribution in [0.3, 0.4) is 0 Å². The lowest BCUT2D eigenvalue weighted by Crippen LogP contribution is -2.31. The third-order valence-electron chi connectivity index (χ3n) is 2.83. The Kier molecular flexibility index (Phi) is 4.60. The summed E-state index contributed by atoms with van der Waals surface area (Å²) in [6.45, 7) is 7.60. The van der Waals surface area contributed by atoms with Crippen molar-refractivity contribution in [2.45, 2.75) is 39.8 Å². The van der Waals surface area contributed by atoms with Crippen molar-refractivity contribution in [2.75, 3.05) is 0 Å². The van der Waals surface area contributed by atoms with E-state index in [0.717, 1.165) is 18.2 Å². The molecular formula is C12H20N2. The van der Waals surface area contributed by atoms with E-state index < -0.39 is 0 Å². The van der Waals surface area contributed by atoms with Gasteiger partial charge in [0.05, 0.1) is 5.69 Å². The molecule has 2 nitrogen and oxygen atoms in total. The lowest BCUT2D eigenvalue weighted by molar-refractivity contribution is 0.388. The molecule has 0 saturated carbocycles. The number of rotatable bonds is 5. The van der Waals surface area contributed by atoms with Crippen LogP contribution < -0.4 is 5.32 Å². The van der Waals surface area contributed by atoms with E-state index in [1.165, 1.54) is 6.42 Å². The minimum atomic E-state index is 0.557. The first-order valence-corrected chi connectivity index (χ1v) is 5.37. The van der Waals surface area contributed by atoms with E-state index >= 15 is 0 Å². The van der Waals surface area contributed by atoms with Gasteiger partial charge >= 0.3 is 0 Å². The third-order valence-corrected chi connectivity index (χ3v) is 2.83. The van der Waals surface area contributed by atoms with Crippen molar-refractivity contribution >= 4 is 0 Å². The van der Waals surface area contributed by atoms with Gasteiger partial charge in [0.1, 0.15) is 0 Å². The summed E-state index contributed by atoms with van der Waals surface area (Å²) in [7, 11) is 0. The van der Waals surface area contributed by atoms with Gasteiger partial charge in [-0.05, 0) is 25.0 Å². The molecule has 0 unspecified atom stereocenters.